The fourth-order valence-corrected chi connectivity index (χ4v) is 2.21. The summed E-state index contributed by atoms with van der Waals surface area (Å²) < 4.78 is 0. The lowest BCUT2D eigenvalue weighted by Gasteiger charge is -2.20. The lowest BCUT2D eigenvalue weighted by Crippen LogP contribution is -2.17. The van der Waals surface area contributed by atoms with Crippen LogP contribution in [0.25, 0.3) is 0 Å². The van der Waals surface area contributed by atoms with E-state index in [4.69, 9.17) is 5.26 Å². The Hall–Kier alpha value is -2.27. The van der Waals surface area contributed by atoms with Gasteiger partial charge < -0.3 is 4.90 Å². The Morgan fingerprint density at radius 2 is 2.11 bits per heavy atom. The number of hydrogen-bond donors (Lipinski definition) is 0. The molecule has 1 aliphatic heterocycles. The van der Waals surface area contributed by atoms with Gasteiger partial charge in [0.2, 0.25) is 0 Å². The van der Waals surface area contributed by atoms with Gasteiger partial charge in [0.05, 0.1) is 6.07 Å². The maximum absolute atomic E-state index is 8.86. The quantitative estimate of drug-likeness (QED) is 0.746. The second kappa shape index (κ2) is 5.37. The van der Waals surface area contributed by atoms with Crippen LogP contribution < -0.4 is 4.90 Å². The van der Waals surface area contributed by atoms with Crippen LogP contribution in [-0.4, -0.2) is 6.54 Å². The molecule has 0 aromatic heterocycles. The summed E-state index contributed by atoms with van der Waals surface area (Å²) in [6, 6.07) is 12.4. The van der Waals surface area contributed by atoms with Crippen molar-refractivity contribution in [2.75, 3.05) is 11.4 Å². The van der Waals surface area contributed by atoms with E-state index in [0.717, 1.165) is 24.2 Å². The highest BCUT2D eigenvalue weighted by molar-refractivity contribution is 5.60. The number of benzene rings is 1. The lowest BCUT2D eigenvalue weighted by molar-refractivity contribution is 0.974. The van der Waals surface area contributed by atoms with E-state index in [0.29, 0.717) is 0 Å². The largest absolute Gasteiger partial charge is 0.341 e. The second-order valence-corrected chi connectivity index (χ2v) is 4.29. The molecule has 2 heteroatoms. The number of nitrogens with zero attached hydrogens (tertiary/aromatic N) is 2. The van der Waals surface area contributed by atoms with Crippen LogP contribution in [-0.2, 0) is 0 Å². The number of para-hydroxylation sites is 1. The standard InChI is InChI=1S/C16H16N2/c1-3-16-14(11-13(2)12-17)9-10-18(16)15-7-5-4-6-8-15/h3-8,11H,1,9-10H2,2H3/b13-11+. The topological polar surface area (TPSA) is 27.0 Å². The Morgan fingerprint density at radius 1 is 1.39 bits per heavy atom. The molecule has 0 saturated heterocycles. The molecule has 0 spiro atoms. The smallest absolute Gasteiger partial charge is 0.0944 e. The van der Waals surface area contributed by atoms with Gasteiger partial charge in [-0.3, -0.25) is 0 Å². The number of anilines is 1. The van der Waals surface area contributed by atoms with Gasteiger partial charge in [-0.1, -0.05) is 24.8 Å². The first-order chi connectivity index (χ1) is 8.76. The fraction of sp³-hybridized carbons (Fsp3) is 0.188. The summed E-state index contributed by atoms with van der Waals surface area (Å²) >= 11 is 0. The summed E-state index contributed by atoms with van der Waals surface area (Å²) in [5.74, 6) is 0. The molecule has 0 radical (unpaired) electrons. The van der Waals surface area contributed by atoms with E-state index in [-0.39, 0.29) is 0 Å². The molecule has 18 heavy (non-hydrogen) atoms. The Balaban J connectivity index is 2.38. The molecule has 2 rings (SSSR count). The minimum absolute atomic E-state index is 0.735. The van der Waals surface area contributed by atoms with Gasteiger partial charge >= 0.3 is 0 Å². The zero-order valence-corrected chi connectivity index (χ0v) is 10.6. The van der Waals surface area contributed by atoms with Gasteiger partial charge in [0.15, 0.2) is 0 Å². The third-order valence-electron chi connectivity index (χ3n) is 3.05. The van der Waals surface area contributed by atoms with Crippen molar-refractivity contribution in [2.45, 2.75) is 13.3 Å². The van der Waals surface area contributed by atoms with Crippen molar-refractivity contribution in [1.29, 1.82) is 5.26 Å². The van der Waals surface area contributed by atoms with Gasteiger partial charge in [0, 0.05) is 23.5 Å². The van der Waals surface area contributed by atoms with Gasteiger partial charge in [0.1, 0.15) is 0 Å². The van der Waals surface area contributed by atoms with E-state index in [1.807, 2.05) is 37.3 Å². The first-order valence-electron chi connectivity index (χ1n) is 6.03. The molecule has 0 atom stereocenters. The molecule has 90 valence electrons. The van der Waals surface area contributed by atoms with Crippen LogP contribution in [0.1, 0.15) is 13.3 Å². The molecular formula is C16H16N2. The summed E-state index contributed by atoms with van der Waals surface area (Å²) in [5.41, 5.74) is 4.20. The predicted molar refractivity (Wildman–Crippen MR) is 75.0 cm³/mol. The maximum atomic E-state index is 8.86. The molecule has 0 aliphatic carbocycles. The highest BCUT2D eigenvalue weighted by Gasteiger charge is 2.20. The van der Waals surface area contributed by atoms with Crippen LogP contribution in [0.3, 0.4) is 0 Å². The summed E-state index contributed by atoms with van der Waals surface area (Å²) in [5, 5.41) is 8.86. The molecule has 0 bridgehead atoms. The SMILES string of the molecule is C=CC1=C(/C=C(\C)C#N)CCN1c1ccccc1. The Labute approximate surface area is 108 Å². The van der Waals surface area contributed by atoms with Gasteiger partial charge in [-0.25, -0.2) is 0 Å². The lowest BCUT2D eigenvalue weighted by atomic mass is 10.1. The van der Waals surface area contributed by atoms with Crippen molar-refractivity contribution < 1.29 is 0 Å². The monoisotopic (exact) mass is 236 g/mol. The van der Waals surface area contributed by atoms with E-state index < -0.39 is 0 Å². The number of allylic oxidation sites excluding steroid dienone is 3. The molecule has 0 saturated carbocycles. The summed E-state index contributed by atoms with van der Waals surface area (Å²) in [6.45, 7) is 6.66. The minimum atomic E-state index is 0.735. The highest BCUT2D eigenvalue weighted by Crippen LogP contribution is 2.30. The average molecular weight is 236 g/mol. The first kappa shape index (κ1) is 12.2. The number of nitriles is 1. The molecule has 0 amide bonds. The third kappa shape index (κ3) is 2.36. The summed E-state index contributed by atoms with van der Waals surface area (Å²) in [6.07, 6.45) is 4.78. The number of hydrogen-bond acceptors (Lipinski definition) is 2. The Bertz CT molecular complexity index is 544. The van der Waals surface area contributed by atoms with Crippen LogP contribution in [0.15, 0.2) is 65.9 Å². The normalized spacial score (nSPS) is 15.8. The van der Waals surface area contributed by atoms with E-state index in [1.54, 1.807) is 0 Å². The fourth-order valence-electron chi connectivity index (χ4n) is 2.21. The Morgan fingerprint density at radius 3 is 2.72 bits per heavy atom. The zero-order valence-electron chi connectivity index (χ0n) is 10.6. The van der Waals surface area contributed by atoms with Crippen LogP contribution >= 0.6 is 0 Å². The van der Waals surface area contributed by atoms with E-state index in [1.165, 1.54) is 11.3 Å². The third-order valence-corrected chi connectivity index (χ3v) is 3.05. The minimum Gasteiger partial charge on any atom is -0.341 e. The number of rotatable bonds is 3. The van der Waals surface area contributed by atoms with Crippen LogP contribution in [0, 0.1) is 11.3 Å². The molecule has 2 nitrogen and oxygen atoms in total. The van der Waals surface area contributed by atoms with Gasteiger partial charge in [-0.15, -0.1) is 0 Å². The van der Waals surface area contributed by atoms with Crippen molar-refractivity contribution in [3.8, 4) is 6.07 Å². The molecule has 0 unspecified atom stereocenters. The molecule has 0 fully saturated rings. The van der Waals surface area contributed by atoms with Crippen molar-refractivity contribution in [3.05, 3.63) is 65.9 Å². The molecule has 1 aromatic rings. The van der Waals surface area contributed by atoms with E-state index in [9.17, 15) is 0 Å². The van der Waals surface area contributed by atoms with Crippen LogP contribution in [0.5, 0.6) is 0 Å². The van der Waals surface area contributed by atoms with Crippen molar-refractivity contribution in [1.82, 2.24) is 0 Å². The van der Waals surface area contributed by atoms with Crippen molar-refractivity contribution >= 4 is 5.69 Å². The van der Waals surface area contributed by atoms with Gasteiger partial charge in [-0.2, -0.15) is 5.26 Å². The summed E-state index contributed by atoms with van der Waals surface area (Å²) in [7, 11) is 0. The van der Waals surface area contributed by atoms with Gasteiger partial charge in [0.25, 0.3) is 0 Å². The summed E-state index contributed by atoms with van der Waals surface area (Å²) in [4.78, 5) is 2.24. The molecule has 1 heterocycles. The van der Waals surface area contributed by atoms with Crippen molar-refractivity contribution in [2.24, 2.45) is 0 Å². The van der Waals surface area contributed by atoms with E-state index >= 15 is 0 Å². The average Bonchev–Trinajstić information content (AvgIpc) is 2.82. The first-order valence-corrected chi connectivity index (χ1v) is 6.03. The van der Waals surface area contributed by atoms with Crippen LogP contribution in [0.2, 0.25) is 0 Å². The second-order valence-electron chi connectivity index (χ2n) is 4.29. The highest BCUT2D eigenvalue weighted by atomic mass is 15.2. The van der Waals surface area contributed by atoms with Gasteiger partial charge in [-0.05, 0) is 43.2 Å². The van der Waals surface area contributed by atoms with Crippen LogP contribution in [0.4, 0.5) is 5.69 Å². The molecule has 1 aliphatic rings. The Kier molecular flexibility index (Phi) is 3.64. The molecule has 1 aromatic carbocycles. The van der Waals surface area contributed by atoms with Crippen molar-refractivity contribution in [3.63, 3.8) is 0 Å². The zero-order chi connectivity index (χ0) is 13.0. The molecule has 0 N–H and O–H groups in total. The maximum Gasteiger partial charge on any atom is 0.0944 e. The molecular weight excluding hydrogens is 220 g/mol. The predicted octanol–water partition coefficient (Wildman–Crippen LogP) is 3.81. The van der Waals surface area contributed by atoms with E-state index in [2.05, 4.69) is 29.7 Å².